The van der Waals surface area contributed by atoms with E-state index in [2.05, 4.69) is 0 Å². The van der Waals surface area contributed by atoms with E-state index in [0.717, 1.165) is 0 Å². The van der Waals surface area contributed by atoms with Crippen LogP contribution in [0.15, 0.2) is 0 Å². The molecule has 0 aliphatic heterocycles. The van der Waals surface area contributed by atoms with Gasteiger partial charge in [-0.1, -0.05) is 0 Å². The van der Waals surface area contributed by atoms with Gasteiger partial charge < -0.3 is 0 Å². The summed E-state index contributed by atoms with van der Waals surface area (Å²) in [5, 5.41) is 0. The van der Waals surface area contributed by atoms with E-state index in [9.17, 15) is 0 Å². The average Bonchev–Trinajstić information content (AvgIpc) is 2.74. The van der Waals surface area contributed by atoms with Crippen molar-refractivity contribution in [2.24, 2.45) is 47.3 Å². The van der Waals surface area contributed by atoms with Gasteiger partial charge in [-0.15, -0.1) is 0 Å². The molecular weight excluding hydrogens is 132 g/mol. The molecule has 5 aliphatic carbocycles. The maximum absolute atomic E-state index is 1.67. The molecule has 0 amide bonds. The van der Waals surface area contributed by atoms with Crippen LogP contribution in [0.4, 0.5) is 0 Å². The van der Waals surface area contributed by atoms with Crippen molar-refractivity contribution in [3.8, 4) is 0 Å². The summed E-state index contributed by atoms with van der Waals surface area (Å²) in [5.41, 5.74) is 0. The van der Waals surface area contributed by atoms with E-state index >= 15 is 0 Å². The number of fused-ring (bicyclic) bond motifs is 9. The highest BCUT2D eigenvalue weighted by Gasteiger charge is 2.78. The molecule has 0 aromatic rings. The minimum Gasteiger partial charge on any atom is -0.0468 e. The van der Waals surface area contributed by atoms with E-state index in [0.29, 0.717) is 0 Å². The second-order valence-electron chi connectivity index (χ2n) is 5.85. The van der Waals surface area contributed by atoms with Gasteiger partial charge in [0.25, 0.3) is 0 Å². The molecule has 0 saturated heterocycles. The third kappa shape index (κ3) is 0.331. The SMILES string of the molecule is C1C2CC3C(C12)[C@@H]1C2CC2C31. The van der Waals surface area contributed by atoms with Crippen molar-refractivity contribution in [2.75, 3.05) is 0 Å². The molecule has 0 spiro atoms. The summed E-state index contributed by atoms with van der Waals surface area (Å²) in [5.74, 6) is 10.2. The Bertz CT molecular complexity index is 251. The van der Waals surface area contributed by atoms with Gasteiger partial charge in [-0.25, -0.2) is 0 Å². The molecule has 0 heteroatoms. The molecule has 0 aromatic carbocycles. The molecule has 0 aromatic heterocycles. The van der Waals surface area contributed by atoms with Crippen molar-refractivity contribution >= 4 is 0 Å². The van der Waals surface area contributed by atoms with Gasteiger partial charge in [0.1, 0.15) is 0 Å². The Morgan fingerprint density at radius 2 is 1.27 bits per heavy atom. The first-order valence-corrected chi connectivity index (χ1v) is 5.45. The smallest absolute Gasteiger partial charge is 0.0315 e. The van der Waals surface area contributed by atoms with Crippen molar-refractivity contribution in [2.45, 2.75) is 19.3 Å². The van der Waals surface area contributed by atoms with Crippen LogP contribution < -0.4 is 0 Å². The first kappa shape index (κ1) is 4.89. The predicted molar refractivity (Wildman–Crippen MR) is 41.8 cm³/mol. The van der Waals surface area contributed by atoms with Crippen molar-refractivity contribution in [3.63, 3.8) is 0 Å². The Labute approximate surface area is 67.4 Å². The van der Waals surface area contributed by atoms with E-state index in [-0.39, 0.29) is 0 Å². The van der Waals surface area contributed by atoms with Crippen molar-refractivity contribution in [1.29, 1.82) is 0 Å². The molecule has 11 heavy (non-hydrogen) atoms. The van der Waals surface area contributed by atoms with Crippen LogP contribution in [0.5, 0.6) is 0 Å². The molecule has 5 rings (SSSR count). The van der Waals surface area contributed by atoms with Gasteiger partial charge in [0.2, 0.25) is 0 Å². The summed E-state index contributed by atoms with van der Waals surface area (Å²) < 4.78 is 0. The monoisotopic (exact) mass is 146 g/mol. The molecule has 58 valence electrons. The summed E-state index contributed by atoms with van der Waals surface area (Å²) in [7, 11) is 0. The van der Waals surface area contributed by atoms with Crippen molar-refractivity contribution in [1.82, 2.24) is 0 Å². The highest BCUT2D eigenvalue weighted by Crippen LogP contribution is 2.83. The average molecular weight is 146 g/mol. The number of rotatable bonds is 0. The first-order chi connectivity index (χ1) is 5.45. The van der Waals surface area contributed by atoms with Crippen LogP contribution in [-0.2, 0) is 0 Å². The molecule has 5 aliphatic rings. The molecule has 0 heterocycles. The fraction of sp³-hybridized carbons (Fsp3) is 1.00. The summed E-state index contributed by atoms with van der Waals surface area (Å²) in [6.07, 6.45) is 4.96. The third-order valence-corrected chi connectivity index (χ3v) is 5.80. The lowest BCUT2D eigenvalue weighted by atomic mass is 9.47. The van der Waals surface area contributed by atoms with Crippen molar-refractivity contribution < 1.29 is 0 Å². The first-order valence-electron chi connectivity index (χ1n) is 5.45. The lowest BCUT2D eigenvalue weighted by molar-refractivity contribution is -0.109. The van der Waals surface area contributed by atoms with Crippen LogP contribution in [0.25, 0.3) is 0 Å². The Kier molecular flexibility index (Phi) is 0.494. The zero-order chi connectivity index (χ0) is 6.74. The van der Waals surface area contributed by atoms with E-state index < -0.39 is 0 Å². The van der Waals surface area contributed by atoms with E-state index in [4.69, 9.17) is 0 Å². The van der Waals surface area contributed by atoms with Gasteiger partial charge in [-0.05, 0) is 66.6 Å². The molecule has 5 saturated carbocycles. The Morgan fingerprint density at radius 3 is 2.27 bits per heavy atom. The molecule has 0 radical (unpaired) electrons. The Hall–Kier alpha value is 0. The van der Waals surface area contributed by atoms with Gasteiger partial charge in [-0.3, -0.25) is 0 Å². The fourth-order valence-electron chi connectivity index (χ4n) is 5.37. The molecule has 0 nitrogen and oxygen atoms in total. The Morgan fingerprint density at radius 1 is 0.545 bits per heavy atom. The predicted octanol–water partition coefficient (Wildman–Crippen LogP) is 2.15. The summed E-state index contributed by atoms with van der Waals surface area (Å²) >= 11 is 0. The highest BCUT2D eigenvalue weighted by molar-refractivity contribution is 5.26. The van der Waals surface area contributed by atoms with Gasteiger partial charge in [0.05, 0.1) is 0 Å². The van der Waals surface area contributed by atoms with Gasteiger partial charge in [-0.2, -0.15) is 0 Å². The maximum Gasteiger partial charge on any atom is -0.0315 e. The van der Waals surface area contributed by atoms with Crippen molar-refractivity contribution in [3.05, 3.63) is 0 Å². The number of hydrogen-bond donors (Lipinski definition) is 0. The normalized spacial score (nSPS) is 85.1. The largest absolute Gasteiger partial charge is 0.0468 e. The summed E-state index contributed by atoms with van der Waals surface area (Å²) in [4.78, 5) is 0. The molecule has 8 atom stereocenters. The molecule has 0 bridgehead atoms. The van der Waals surface area contributed by atoms with Crippen LogP contribution in [0, 0.1) is 47.3 Å². The third-order valence-electron chi connectivity index (χ3n) is 5.80. The lowest BCUT2D eigenvalue weighted by Gasteiger charge is -2.58. The molecule has 5 fully saturated rings. The zero-order valence-corrected chi connectivity index (χ0v) is 6.74. The van der Waals surface area contributed by atoms with Gasteiger partial charge in [0, 0.05) is 0 Å². The number of hydrogen-bond acceptors (Lipinski definition) is 0. The highest BCUT2D eigenvalue weighted by atomic mass is 14.8. The molecule has 0 N–H and O–H groups in total. The minimum atomic E-state index is 1.25. The second kappa shape index (κ2) is 1.11. The van der Waals surface area contributed by atoms with Crippen LogP contribution >= 0.6 is 0 Å². The Balaban J connectivity index is 1.62. The van der Waals surface area contributed by atoms with E-state index in [1.807, 2.05) is 0 Å². The molecular formula is C11H14. The van der Waals surface area contributed by atoms with Crippen LogP contribution in [0.2, 0.25) is 0 Å². The second-order valence-corrected chi connectivity index (χ2v) is 5.85. The maximum atomic E-state index is 1.67. The standard InChI is InChI=1S/C11H14/c1-4-2-8-9(5(1)4)11-7-3-6(7)10(8)11/h4-11H,1-3H2/t4?,5?,6?,7?,8?,9?,10?,11-/m0/s1. The van der Waals surface area contributed by atoms with E-state index in [1.54, 1.807) is 19.3 Å². The topological polar surface area (TPSA) is 0 Å². The lowest BCUT2D eigenvalue weighted by Crippen LogP contribution is -2.54. The summed E-state index contributed by atoms with van der Waals surface area (Å²) in [6, 6.07) is 0. The van der Waals surface area contributed by atoms with Gasteiger partial charge in [0.15, 0.2) is 0 Å². The van der Waals surface area contributed by atoms with Gasteiger partial charge >= 0.3 is 0 Å². The zero-order valence-electron chi connectivity index (χ0n) is 6.74. The van der Waals surface area contributed by atoms with E-state index in [1.165, 1.54) is 47.3 Å². The fourth-order valence-corrected chi connectivity index (χ4v) is 5.37. The quantitative estimate of drug-likeness (QED) is 0.491. The molecule has 7 unspecified atom stereocenters. The van der Waals surface area contributed by atoms with Crippen LogP contribution in [0.3, 0.4) is 0 Å². The van der Waals surface area contributed by atoms with Crippen LogP contribution in [-0.4, -0.2) is 0 Å². The summed E-state index contributed by atoms with van der Waals surface area (Å²) in [6.45, 7) is 0. The van der Waals surface area contributed by atoms with Crippen LogP contribution in [0.1, 0.15) is 19.3 Å². The minimum absolute atomic E-state index is 1.25.